The highest BCUT2D eigenvalue weighted by Gasteiger charge is 2.26. The summed E-state index contributed by atoms with van der Waals surface area (Å²) >= 11 is 7.46. The number of nitrogens with zero attached hydrogens (tertiary/aromatic N) is 2. The molecule has 0 radical (unpaired) electrons. The monoisotopic (exact) mass is 230 g/mol. The van der Waals surface area contributed by atoms with E-state index in [-0.39, 0.29) is 0 Å². The lowest BCUT2D eigenvalue weighted by atomic mass is 10.1. The van der Waals surface area contributed by atoms with E-state index in [1.54, 1.807) is 11.3 Å². The number of likely N-dealkylation sites (tertiary alicyclic amines) is 1. The SMILES string of the molecule is CC(C)N1CCC(c2cnc(Cl)s2)C1. The van der Waals surface area contributed by atoms with Crippen LogP contribution in [0.4, 0.5) is 0 Å². The lowest BCUT2D eigenvalue weighted by Gasteiger charge is -2.19. The maximum Gasteiger partial charge on any atom is 0.183 e. The molecule has 1 aliphatic heterocycles. The van der Waals surface area contributed by atoms with Crippen LogP contribution in [0.15, 0.2) is 6.20 Å². The van der Waals surface area contributed by atoms with Gasteiger partial charge in [-0.3, -0.25) is 0 Å². The lowest BCUT2D eigenvalue weighted by molar-refractivity contribution is 0.273. The molecule has 0 amide bonds. The summed E-state index contributed by atoms with van der Waals surface area (Å²) in [4.78, 5) is 7.95. The third-order valence-corrected chi connectivity index (χ3v) is 4.13. The molecule has 1 saturated heterocycles. The van der Waals surface area contributed by atoms with Gasteiger partial charge >= 0.3 is 0 Å². The Morgan fingerprint density at radius 1 is 1.64 bits per heavy atom. The van der Waals surface area contributed by atoms with Crippen molar-refractivity contribution >= 4 is 22.9 Å². The first-order valence-electron chi connectivity index (χ1n) is 5.02. The maximum absolute atomic E-state index is 5.83. The second kappa shape index (κ2) is 4.17. The van der Waals surface area contributed by atoms with Crippen molar-refractivity contribution in [2.45, 2.75) is 32.2 Å². The number of rotatable bonds is 2. The van der Waals surface area contributed by atoms with Crippen LogP contribution in [0.3, 0.4) is 0 Å². The first kappa shape index (κ1) is 10.4. The predicted molar refractivity (Wildman–Crippen MR) is 61.2 cm³/mol. The second-order valence-electron chi connectivity index (χ2n) is 4.09. The van der Waals surface area contributed by atoms with Crippen LogP contribution < -0.4 is 0 Å². The van der Waals surface area contributed by atoms with Gasteiger partial charge in [0.1, 0.15) is 0 Å². The van der Waals surface area contributed by atoms with Crippen LogP contribution in [0.25, 0.3) is 0 Å². The molecule has 2 rings (SSSR count). The molecule has 0 aliphatic carbocycles. The second-order valence-corrected chi connectivity index (χ2v) is 5.73. The topological polar surface area (TPSA) is 16.1 Å². The summed E-state index contributed by atoms with van der Waals surface area (Å²) in [7, 11) is 0. The molecule has 1 fully saturated rings. The van der Waals surface area contributed by atoms with Gasteiger partial charge in [0.15, 0.2) is 4.47 Å². The van der Waals surface area contributed by atoms with Gasteiger partial charge in [-0.2, -0.15) is 0 Å². The fourth-order valence-corrected chi connectivity index (χ4v) is 3.02. The number of thiazole rings is 1. The molecule has 0 N–H and O–H groups in total. The smallest absolute Gasteiger partial charge is 0.183 e. The van der Waals surface area contributed by atoms with Gasteiger partial charge in [-0.15, -0.1) is 11.3 Å². The summed E-state index contributed by atoms with van der Waals surface area (Å²) in [6.07, 6.45) is 3.18. The van der Waals surface area contributed by atoms with Crippen LogP contribution in [0.5, 0.6) is 0 Å². The minimum atomic E-state index is 0.655. The van der Waals surface area contributed by atoms with E-state index >= 15 is 0 Å². The molecule has 0 saturated carbocycles. The average Bonchev–Trinajstić information content (AvgIpc) is 2.70. The zero-order chi connectivity index (χ0) is 10.1. The molecule has 0 aromatic carbocycles. The van der Waals surface area contributed by atoms with Gasteiger partial charge in [0.25, 0.3) is 0 Å². The number of hydrogen-bond donors (Lipinski definition) is 0. The first-order chi connectivity index (χ1) is 6.66. The van der Waals surface area contributed by atoms with E-state index in [1.807, 2.05) is 6.20 Å². The van der Waals surface area contributed by atoms with Crippen molar-refractivity contribution in [1.29, 1.82) is 0 Å². The van der Waals surface area contributed by atoms with Crippen molar-refractivity contribution in [2.75, 3.05) is 13.1 Å². The molecular formula is C10H15ClN2S. The Kier molecular flexibility index (Phi) is 3.10. The lowest BCUT2D eigenvalue weighted by Crippen LogP contribution is -2.27. The summed E-state index contributed by atoms with van der Waals surface area (Å²) in [5.41, 5.74) is 0. The van der Waals surface area contributed by atoms with E-state index in [0.717, 1.165) is 6.54 Å². The fourth-order valence-electron chi connectivity index (χ4n) is 1.94. The maximum atomic E-state index is 5.83. The van der Waals surface area contributed by atoms with Gasteiger partial charge in [-0.25, -0.2) is 4.98 Å². The van der Waals surface area contributed by atoms with Crippen molar-refractivity contribution in [3.05, 3.63) is 15.5 Å². The minimum Gasteiger partial charge on any atom is -0.300 e. The number of hydrogen-bond acceptors (Lipinski definition) is 3. The highest BCUT2D eigenvalue weighted by atomic mass is 35.5. The van der Waals surface area contributed by atoms with Gasteiger partial charge in [-0.1, -0.05) is 11.6 Å². The summed E-state index contributed by atoms with van der Waals surface area (Å²) in [6.45, 7) is 6.87. The van der Waals surface area contributed by atoms with E-state index in [2.05, 4.69) is 23.7 Å². The van der Waals surface area contributed by atoms with Gasteiger partial charge in [0.2, 0.25) is 0 Å². The summed E-state index contributed by atoms with van der Waals surface area (Å²) in [5, 5.41) is 0. The van der Waals surface area contributed by atoms with Gasteiger partial charge in [0.05, 0.1) is 0 Å². The molecule has 2 heterocycles. The van der Waals surface area contributed by atoms with E-state index in [0.29, 0.717) is 16.4 Å². The highest BCUT2D eigenvalue weighted by molar-refractivity contribution is 7.15. The van der Waals surface area contributed by atoms with Crippen molar-refractivity contribution in [3.63, 3.8) is 0 Å². The summed E-state index contributed by atoms with van der Waals surface area (Å²) in [6, 6.07) is 0.656. The Morgan fingerprint density at radius 2 is 2.43 bits per heavy atom. The van der Waals surface area contributed by atoms with E-state index in [4.69, 9.17) is 11.6 Å². The Hall–Kier alpha value is -0.120. The predicted octanol–water partition coefficient (Wildman–Crippen LogP) is 2.99. The molecule has 1 atom stereocenters. The van der Waals surface area contributed by atoms with Crippen molar-refractivity contribution in [2.24, 2.45) is 0 Å². The molecule has 4 heteroatoms. The van der Waals surface area contributed by atoms with Gasteiger partial charge in [0, 0.05) is 29.6 Å². The summed E-state index contributed by atoms with van der Waals surface area (Å²) < 4.78 is 0.669. The molecule has 78 valence electrons. The molecular weight excluding hydrogens is 216 g/mol. The highest BCUT2D eigenvalue weighted by Crippen LogP contribution is 2.33. The third kappa shape index (κ3) is 2.10. The molecule has 2 nitrogen and oxygen atoms in total. The molecule has 1 aromatic rings. The molecule has 14 heavy (non-hydrogen) atoms. The van der Waals surface area contributed by atoms with E-state index in [1.165, 1.54) is 17.8 Å². The number of halogens is 1. The largest absolute Gasteiger partial charge is 0.300 e. The van der Waals surface area contributed by atoms with Crippen molar-refractivity contribution in [3.8, 4) is 0 Å². The van der Waals surface area contributed by atoms with Crippen LogP contribution in [0.1, 0.15) is 31.1 Å². The number of aromatic nitrogens is 1. The Balaban J connectivity index is 2.02. The van der Waals surface area contributed by atoms with Crippen LogP contribution in [0, 0.1) is 0 Å². The Labute approximate surface area is 93.9 Å². The van der Waals surface area contributed by atoms with Crippen molar-refractivity contribution in [1.82, 2.24) is 9.88 Å². The normalized spacial score (nSPS) is 23.6. The molecule has 0 bridgehead atoms. The van der Waals surface area contributed by atoms with E-state index in [9.17, 15) is 0 Å². The Morgan fingerprint density at radius 3 is 2.93 bits per heavy atom. The molecule has 1 aliphatic rings. The zero-order valence-corrected chi connectivity index (χ0v) is 10.1. The Bertz CT molecular complexity index is 311. The fraction of sp³-hybridized carbons (Fsp3) is 0.700. The van der Waals surface area contributed by atoms with Crippen LogP contribution in [-0.4, -0.2) is 29.0 Å². The minimum absolute atomic E-state index is 0.655. The van der Waals surface area contributed by atoms with Crippen LogP contribution in [0.2, 0.25) is 4.47 Å². The average molecular weight is 231 g/mol. The van der Waals surface area contributed by atoms with Crippen molar-refractivity contribution < 1.29 is 0 Å². The summed E-state index contributed by atoms with van der Waals surface area (Å²) in [5.74, 6) is 0.655. The molecule has 0 spiro atoms. The zero-order valence-electron chi connectivity index (χ0n) is 8.53. The quantitative estimate of drug-likeness (QED) is 0.777. The molecule has 1 aromatic heterocycles. The van der Waals surface area contributed by atoms with Crippen LogP contribution >= 0.6 is 22.9 Å². The molecule has 1 unspecified atom stereocenters. The third-order valence-electron chi connectivity index (χ3n) is 2.85. The standard InChI is InChI=1S/C10H15ClN2S/c1-7(2)13-4-3-8(6-13)9-5-12-10(11)14-9/h5,7-8H,3-4,6H2,1-2H3. The van der Waals surface area contributed by atoms with Gasteiger partial charge < -0.3 is 4.90 Å². The van der Waals surface area contributed by atoms with Crippen LogP contribution in [-0.2, 0) is 0 Å². The van der Waals surface area contributed by atoms with Gasteiger partial charge in [-0.05, 0) is 26.8 Å². The first-order valence-corrected chi connectivity index (χ1v) is 6.21. The van der Waals surface area contributed by atoms with E-state index < -0.39 is 0 Å².